The Hall–Kier alpha value is -1.63. The van der Waals surface area contributed by atoms with Gasteiger partial charge < -0.3 is 0 Å². The fourth-order valence-corrected chi connectivity index (χ4v) is 2.18. The molecule has 1 heteroatoms. The number of benzene rings is 1. The Labute approximate surface area is 110 Å². The third kappa shape index (κ3) is 3.69. The smallest absolute Gasteiger partial charge is 0.0702 e. The molecule has 0 bridgehead atoms. The van der Waals surface area contributed by atoms with E-state index in [2.05, 4.69) is 42.2 Å². The van der Waals surface area contributed by atoms with E-state index in [1.165, 1.54) is 43.2 Å². The summed E-state index contributed by atoms with van der Waals surface area (Å²) in [6.07, 6.45) is 8.31. The van der Waals surface area contributed by atoms with Gasteiger partial charge in [0.2, 0.25) is 0 Å². The van der Waals surface area contributed by atoms with Crippen molar-refractivity contribution < 1.29 is 0 Å². The van der Waals surface area contributed by atoms with Crippen molar-refractivity contribution in [1.82, 2.24) is 4.98 Å². The predicted molar refractivity (Wildman–Crippen MR) is 77.5 cm³/mol. The van der Waals surface area contributed by atoms with Crippen molar-refractivity contribution in [3.63, 3.8) is 0 Å². The summed E-state index contributed by atoms with van der Waals surface area (Å²) in [5.74, 6) is 0. The van der Waals surface area contributed by atoms with Crippen molar-refractivity contribution in [2.24, 2.45) is 0 Å². The van der Waals surface area contributed by atoms with Crippen LogP contribution < -0.4 is 0 Å². The zero-order valence-electron chi connectivity index (χ0n) is 11.1. The lowest BCUT2D eigenvalue weighted by Crippen LogP contribution is -1.88. The van der Waals surface area contributed by atoms with Crippen LogP contribution in [0.1, 0.15) is 38.2 Å². The van der Waals surface area contributed by atoms with Crippen LogP contribution in [-0.4, -0.2) is 4.98 Å². The number of unbranched alkanes of at least 4 members (excludes halogenated alkanes) is 3. The molecule has 2 rings (SSSR count). The molecule has 1 heterocycles. The standard InChI is InChI=1S/C17H21N/c1-2-3-4-5-9-15-10-8-11-16(14-15)17-12-6-7-13-18-17/h6-8,10-14H,2-5,9H2,1H3. The first-order chi connectivity index (χ1) is 8.90. The molecule has 1 nitrogen and oxygen atoms in total. The SMILES string of the molecule is CCCCCCc1cccc(-c2ccccn2)c1. The van der Waals surface area contributed by atoms with Crippen molar-refractivity contribution in [2.75, 3.05) is 0 Å². The van der Waals surface area contributed by atoms with Gasteiger partial charge in [0.1, 0.15) is 0 Å². The number of hydrogen-bond donors (Lipinski definition) is 0. The van der Waals surface area contributed by atoms with Gasteiger partial charge in [-0.15, -0.1) is 0 Å². The Balaban J connectivity index is 2.02. The fourth-order valence-electron chi connectivity index (χ4n) is 2.18. The Morgan fingerprint density at radius 3 is 2.67 bits per heavy atom. The monoisotopic (exact) mass is 239 g/mol. The first-order valence-electron chi connectivity index (χ1n) is 6.90. The highest BCUT2D eigenvalue weighted by Crippen LogP contribution is 2.19. The average Bonchev–Trinajstić information content (AvgIpc) is 2.45. The van der Waals surface area contributed by atoms with Gasteiger partial charge in [0.15, 0.2) is 0 Å². The second-order valence-electron chi connectivity index (χ2n) is 4.73. The molecule has 0 aliphatic carbocycles. The highest BCUT2D eigenvalue weighted by atomic mass is 14.7. The number of nitrogens with zero attached hydrogens (tertiary/aromatic N) is 1. The van der Waals surface area contributed by atoms with Crippen LogP contribution in [0.5, 0.6) is 0 Å². The van der Waals surface area contributed by atoms with Gasteiger partial charge >= 0.3 is 0 Å². The topological polar surface area (TPSA) is 12.9 Å². The molecule has 0 N–H and O–H groups in total. The normalized spacial score (nSPS) is 10.5. The van der Waals surface area contributed by atoms with E-state index in [0.717, 1.165) is 5.69 Å². The Morgan fingerprint density at radius 1 is 0.944 bits per heavy atom. The summed E-state index contributed by atoms with van der Waals surface area (Å²) < 4.78 is 0. The highest BCUT2D eigenvalue weighted by molar-refractivity contribution is 5.59. The first-order valence-corrected chi connectivity index (χ1v) is 6.90. The van der Waals surface area contributed by atoms with Crippen molar-refractivity contribution in [2.45, 2.75) is 39.0 Å². The van der Waals surface area contributed by atoms with E-state index >= 15 is 0 Å². The maximum atomic E-state index is 4.40. The lowest BCUT2D eigenvalue weighted by molar-refractivity contribution is 0.667. The van der Waals surface area contributed by atoms with Crippen LogP contribution in [0, 0.1) is 0 Å². The van der Waals surface area contributed by atoms with Crippen LogP contribution in [-0.2, 0) is 6.42 Å². The lowest BCUT2D eigenvalue weighted by atomic mass is 10.0. The minimum absolute atomic E-state index is 1.06. The molecule has 0 radical (unpaired) electrons. The van der Waals surface area contributed by atoms with Gasteiger partial charge in [0.05, 0.1) is 5.69 Å². The van der Waals surface area contributed by atoms with Crippen molar-refractivity contribution in [3.8, 4) is 11.3 Å². The molecule has 0 aliphatic heterocycles. The number of hydrogen-bond acceptors (Lipinski definition) is 1. The van der Waals surface area contributed by atoms with Crippen LogP contribution >= 0.6 is 0 Å². The number of pyridine rings is 1. The predicted octanol–water partition coefficient (Wildman–Crippen LogP) is 4.87. The first kappa shape index (κ1) is 12.8. The molecule has 0 saturated heterocycles. The molecule has 2 aromatic rings. The minimum Gasteiger partial charge on any atom is -0.256 e. The zero-order chi connectivity index (χ0) is 12.6. The van der Waals surface area contributed by atoms with E-state index in [0.29, 0.717) is 0 Å². The van der Waals surface area contributed by atoms with Gasteiger partial charge in [0, 0.05) is 11.8 Å². The van der Waals surface area contributed by atoms with Gasteiger partial charge in [-0.25, -0.2) is 0 Å². The number of aryl methyl sites for hydroxylation is 1. The molecule has 0 atom stereocenters. The molecule has 0 unspecified atom stereocenters. The van der Waals surface area contributed by atoms with E-state index in [-0.39, 0.29) is 0 Å². The maximum Gasteiger partial charge on any atom is 0.0702 e. The third-order valence-corrected chi connectivity index (χ3v) is 3.21. The lowest BCUT2D eigenvalue weighted by Gasteiger charge is -2.05. The summed E-state index contributed by atoms with van der Waals surface area (Å²) >= 11 is 0. The molecule has 1 aromatic heterocycles. The average molecular weight is 239 g/mol. The molecule has 18 heavy (non-hydrogen) atoms. The van der Waals surface area contributed by atoms with Gasteiger partial charge in [-0.3, -0.25) is 4.98 Å². The van der Waals surface area contributed by atoms with Gasteiger partial charge in [0.25, 0.3) is 0 Å². The van der Waals surface area contributed by atoms with Crippen LogP contribution in [0.2, 0.25) is 0 Å². The quantitative estimate of drug-likeness (QED) is 0.655. The summed E-state index contributed by atoms with van der Waals surface area (Å²) in [6, 6.07) is 14.8. The van der Waals surface area contributed by atoms with Crippen LogP contribution in [0.4, 0.5) is 0 Å². The number of rotatable bonds is 6. The Kier molecular flexibility index (Phi) is 4.95. The number of aromatic nitrogens is 1. The van der Waals surface area contributed by atoms with Crippen molar-refractivity contribution >= 4 is 0 Å². The minimum atomic E-state index is 1.06. The molecule has 0 aliphatic rings. The van der Waals surface area contributed by atoms with E-state index in [4.69, 9.17) is 0 Å². The largest absolute Gasteiger partial charge is 0.256 e. The van der Waals surface area contributed by atoms with E-state index in [1.807, 2.05) is 18.3 Å². The van der Waals surface area contributed by atoms with Crippen molar-refractivity contribution in [1.29, 1.82) is 0 Å². The summed E-state index contributed by atoms with van der Waals surface area (Å²) in [7, 11) is 0. The highest BCUT2D eigenvalue weighted by Gasteiger charge is 1.99. The molecule has 0 fully saturated rings. The van der Waals surface area contributed by atoms with Crippen LogP contribution in [0.25, 0.3) is 11.3 Å². The van der Waals surface area contributed by atoms with Gasteiger partial charge in [-0.1, -0.05) is 50.5 Å². The summed E-state index contributed by atoms with van der Waals surface area (Å²) in [4.78, 5) is 4.40. The Bertz CT molecular complexity index is 462. The zero-order valence-corrected chi connectivity index (χ0v) is 11.1. The van der Waals surface area contributed by atoms with E-state index in [9.17, 15) is 0 Å². The second-order valence-corrected chi connectivity index (χ2v) is 4.73. The molecule has 1 aromatic carbocycles. The molecular weight excluding hydrogens is 218 g/mol. The van der Waals surface area contributed by atoms with E-state index in [1.54, 1.807) is 0 Å². The molecule has 0 amide bonds. The van der Waals surface area contributed by atoms with Crippen molar-refractivity contribution in [3.05, 3.63) is 54.2 Å². The van der Waals surface area contributed by atoms with Crippen LogP contribution in [0.15, 0.2) is 48.7 Å². The summed E-state index contributed by atoms with van der Waals surface area (Å²) in [5, 5.41) is 0. The van der Waals surface area contributed by atoms with E-state index < -0.39 is 0 Å². The molecule has 0 saturated carbocycles. The van der Waals surface area contributed by atoms with Gasteiger partial charge in [-0.05, 0) is 36.6 Å². The maximum absolute atomic E-state index is 4.40. The van der Waals surface area contributed by atoms with Gasteiger partial charge in [-0.2, -0.15) is 0 Å². The fraction of sp³-hybridized carbons (Fsp3) is 0.353. The summed E-state index contributed by atoms with van der Waals surface area (Å²) in [6.45, 7) is 2.25. The Morgan fingerprint density at radius 2 is 1.89 bits per heavy atom. The van der Waals surface area contributed by atoms with Crippen LogP contribution in [0.3, 0.4) is 0 Å². The molecular formula is C17H21N. The molecule has 0 spiro atoms. The second kappa shape index (κ2) is 6.95. The third-order valence-electron chi connectivity index (χ3n) is 3.21. The summed E-state index contributed by atoms with van der Waals surface area (Å²) in [5.41, 5.74) is 3.71. The molecule has 94 valence electrons.